The molecule has 0 fully saturated rings. The Balaban J connectivity index is 1.81. The highest BCUT2D eigenvalue weighted by Gasteiger charge is 2.14. The smallest absolute Gasteiger partial charge is 0.257 e. The van der Waals surface area contributed by atoms with Crippen LogP contribution in [0.1, 0.15) is 32.7 Å². The maximum absolute atomic E-state index is 12.5. The number of hydrogen-bond donors (Lipinski definition) is 1. The molecule has 0 radical (unpaired) electrons. The number of amides is 1. The van der Waals surface area contributed by atoms with Crippen LogP contribution >= 0.6 is 23.2 Å². The molecule has 3 aromatic rings. The van der Waals surface area contributed by atoms with Crippen LogP contribution < -0.4 is 5.32 Å². The van der Waals surface area contributed by atoms with E-state index in [1.807, 2.05) is 45.0 Å². The van der Waals surface area contributed by atoms with Crippen LogP contribution in [0.5, 0.6) is 0 Å². The van der Waals surface area contributed by atoms with Crippen LogP contribution in [0.2, 0.25) is 10.0 Å². The molecule has 0 aliphatic rings. The number of aromatic nitrogens is 2. The van der Waals surface area contributed by atoms with Gasteiger partial charge < -0.3 is 5.32 Å². The van der Waals surface area contributed by atoms with Crippen LogP contribution in [-0.4, -0.2) is 15.7 Å². The van der Waals surface area contributed by atoms with Gasteiger partial charge in [-0.1, -0.05) is 47.0 Å². The molecule has 1 N–H and O–H groups in total. The second-order valence-corrected chi connectivity index (χ2v) is 7.12. The number of nitrogens with one attached hydrogen (secondary N) is 1. The van der Waals surface area contributed by atoms with Gasteiger partial charge in [0.1, 0.15) is 0 Å². The fourth-order valence-corrected chi connectivity index (χ4v) is 3.33. The average molecular weight is 388 g/mol. The highest BCUT2D eigenvalue weighted by molar-refractivity contribution is 6.35. The predicted molar refractivity (Wildman–Crippen MR) is 106 cm³/mol. The van der Waals surface area contributed by atoms with Crippen molar-refractivity contribution in [1.82, 2.24) is 9.78 Å². The molecule has 134 valence electrons. The SMILES string of the molecule is Cc1ccc(C(=O)Nc2cc(C)n(Cc3c(Cl)cccc3Cl)n2)c(C)c1. The molecule has 0 saturated carbocycles. The van der Waals surface area contributed by atoms with E-state index in [0.29, 0.717) is 28.0 Å². The third-order valence-corrected chi connectivity index (χ3v) is 4.93. The first-order chi connectivity index (χ1) is 12.3. The molecule has 0 atom stereocenters. The minimum Gasteiger partial charge on any atom is -0.305 e. The minimum atomic E-state index is -0.178. The molecule has 6 heteroatoms. The number of benzene rings is 2. The summed E-state index contributed by atoms with van der Waals surface area (Å²) in [6.45, 7) is 6.28. The topological polar surface area (TPSA) is 46.9 Å². The maximum atomic E-state index is 12.5. The van der Waals surface area contributed by atoms with Gasteiger partial charge in [-0.3, -0.25) is 9.48 Å². The van der Waals surface area contributed by atoms with Gasteiger partial charge in [0.05, 0.1) is 6.54 Å². The van der Waals surface area contributed by atoms with Crippen LogP contribution in [0.25, 0.3) is 0 Å². The van der Waals surface area contributed by atoms with Gasteiger partial charge in [-0.2, -0.15) is 5.10 Å². The molecule has 0 aliphatic heterocycles. The number of nitrogens with zero attached hydrogens (tertiary/aromatic N) is 2. The van der Waals surface area contributed by atoms with Crippen molar-refractivity contribution in [2.75, 3.05) is 5.32 Å². The second kappa shape index (κ2) is 7.52. The van der Waals surface area contributed by atoms with Gasteiger partial charge in [-0.05, 0) is 44.5 Å². The van der Waals surface area contributed by atoms with E-state index in [1.54, 1.807) is 22.9 Å². The summed E-state index contributed by atoms with van der Waals surface area (Å²) in [5.74, 6) is 0.318. The van der Waals surface area contributed by atoms with E-state index in [2.05, 4.69) is 10.4 Å². The van der Waals surface area contributed by atoms with Crippen molar-refractivity contribution in [2.45, 2.75) is 27.3 Å². The number of anilines is 1. The van der Waals surface area contributed by atoms with Crippen molar-refractivity contribution in [2.24, 2.45) is 0 Å². The molecule has 0 saturated heterocycles. The molecule has 1 amide bonds. The number of carbonyl (C=O) groups excluding carboxylic acids is 1. The third kappa shape index (κ3) is 3.92. The lowest BCUT2D eigenvalue weighted by molar-refractivity contribution is 0.102. The molecule has 26 heavy (non-hydrogen) atoms. The van der Waals surface area contributed by atoms with Gasteiger partial charge in [-0.25, -0.2) is 0 Å². The summed E-state index contributed by atoms with van der Waals surface area (Å²) in [5.41, 5.74) is 4.39. The summed E-state index contributed by atoms with van der Waals surface area (Å²) in [7, 11) is 0. The van der Waals surface area contributed by atoms with Crippen LogP contribution in [0.4, 0.5) is 5.82 Å². The van der Waals surface area contributed by atoms with E-state index in [1.165, 1.54) is 0 Å². The Labute approximate surface area is 162 Å². The van der Waals surface area contributed by atoms with E-state index >= 15 is 0 Å². The molecular weight excluding hydrogens is 369 g/mol. The Bertz CT molecular complexity index is 959. The fourth-order valence-electron chi connectivity index (χ4n) is 2.82. The van der Waals surface area contributed by atoms with Crippen LogP contribution in [0.3, 0.4) is 0 Å². The van der Waals surface area contributed by atoms with E-state index in [4.69, 9.17) is 23.2 Å². The normalized spacial score (nSPS) is 10.8. The van der Waals surface area contributed by atoms with Gasteiger partial charge in [0.25, 0.3) is 5.91 Å². The van der Waals surface area contributed by atoms with Gasteiger partial charge in [0, 0.05) is 32.9 Å². The monoisotopic (exact) mass is 387 g/mol. The van der Waals surface area contributed by atoms with Crippen LogP contribution in [0.15, 0.2) is 42.5 Å². The van der Waals surface area contributed by atoms with Crippen molar-refractivity contribution in [3.63, 3.8) is 0 Å². The first-order valence-electron chi connectivity index (χ1n) is 8.21. The molecular formula is C20H19Cl2N3O. The number of rotatable bonds is 4. The number of halogens is 2. The number of aryl methyl sites for hydroxylation is 3. The second-order valence-electron chi connectivity index (χ2n) is 6.30. The molecule has 3 rings (SSSR count). The van der Waals surface area contributed by atoms with Crippen molar-refractivity contribution in [3.05, 3.63) is 80.5 Å². The van der Waals surface area contributed by atoms with E-state index in [-0.39, 0.29) is 5.91 Å². The van der Waals surface area contributed by atoms with Gasteiger partial charge in [-0.15, -0.1) is 0 Å². The van der Waals surface area contributed by atoms with Gasteiger partial charge in [0.15, 0.2) is 5.82 Å². The van der Waals surface area contributed by atoms with E-state index < -0.39 is 0 Å². The van der Waals surface area contributed by atoms with Crippen molar-refractivity contribution in [1.29, 1.82) is 0 Å². The average Bonchev–Trinajstić information content (AvgIpc) is 2.90. The summed E-state index contributed by atoms with van der Waals surface area (Å²) >= 11 is 12.5. The van der Waals surface area contributed by atoms with Gasteiger partial charge in [0.2, 0.25) is 0 Å². The van der Waals surface area contributed by atoms with E-state index in [9.17, 15) is 4.79 Å². The fraction of sp³-hybridized carbons (Fsp3) is 0.200. The van der Waals surface area contributed by atoms with Crippen molar-refractivity contribution >= 4 is 34.9 Å². The largest absolute Gasteiger partial charge is 0.305 e. The number of carbonyl (C=O) groups is 1. The Morgan fingerprint density at radius 2 is 1.77 bits per heavy atom. The zero-order valence-corrected chi connectivity index (χ0v) is 16.3. The molecule has 0 aliphatic carbocycles. The Morgan fingerprint density at radius 3 is 2.42 bits per heavy atom. The molecule has 0 unspecified atom stereocenters. The lowest BCUT2D eigenvalue weighted by Gasteiger charge is -2.09. The lowest BCUT2D eigenvalue weighted by Crippen LogP contribution is -2.14. The standard InChI is InChI=1S/C20H19Cl2N3O/c1-12-7-8-15(13(2)9-12)20(26)23-19-10-14(3)25(24-19)11-16-17(21)5-4-6-18(16)22/h4-10H,11H2,1-3H3,(H,23,24,26). The molecule has 2 aromatic carbocycles. The van der Waals surface area contributed by atoms with E-state index in [0.717, 1.165) is 22.4 Å². The van der Waals surface area contributed by atoms with Crippen LogP contribution in [0, 0.1) is 20.8 Å². The zero-order valence-electron chi connectivity index (χ0n) is 14.8. The molecule has 0 spiro atoms. The Morgan fingerprint density at radius 1 is 1.08 bits per heavy atom. The Kier molecular flexibility index (Phi) is 5.35. The highest BCUT2D eigenvalue weighted by atomic mass is 35.5. The minimum absolute atomic E-state index is 0.178. The highest BCUT2D eigenvalue weighted by Crippen LogP contribution is 2.26. The summed E-state index contributed by atoms with van der Waals surface area (Å²) in [4.78, 5) is 12.5. The molecule has 4 nitrogen and oxygen atoms in total. The van der Waals surface area contributed by atoms with Crippen molar-refractivity contribution < 1.29 is 4.79 Å². The summed E-state index contributed by atoms with van der Waals surface area (Å²) in [6.07, 6.45) is 0. The summed E-state index contributed by atoms with van der Waals surface area (Å²) in [5, 5.41) is 8.51. The summed E-state index contributed by atoms with van der Waals surface area (Å²) < 4.78 is 1.77. The molecule has 0 bridgehead atoms. The quantitative estimate of drug-likeness (QED) is 0.649. The first-order valence-corrected chi connectivity index (χ1v) is 8.96. The summed E-state index contributed by atoms with van der Waals surface area (Å²) in [6, 6.07) is 13.0. The molecule has 1 aromatic heterocycles. The lowest BCUT2D eigenvalue weighted by atomic mass is 10.1. The number of hydrogen-bond acceptors (Lipinski definition) is 2. The predicted octanol–water partition coefficient (Wildman–Crippen LogP) is 5.42. The molecule has 1 heterocycles. The maximum Gasteiger partial charge on any atom is 0.257 e. The van der Waals surface area contributed by atoms with Gasteiger partial charge >= 0.3 is 0 Å². The first kappa shape index (κ1) is 18.5. The third-order valence-electron chi connectivity index (χ3n) is 4.22. The van der Waals surface area contributed by atoms with Crippen molar-refractivity contribution in [3.8, 4) is 0 Å². The zero-order chi connectivity index (χ0) is 18.8. The van der Waals surface area contributed by atoms with Crippen LogP contribution in [-0.2, 0) is 6.54 Å². The Hall–Kier alpha value is -2.30.